The van der Waals surface area contributed by atoms with Gasteiger partial charge in [-0.15, -0.1) is 0 Å². The minimum atomic E-state index is -1.05. The van der Waals surface area contributed by atoms with E-state index in [1.54, 1.807) is 30.3 Å². The number of hydrogen-bond donors (Lipinski definition) is 3. The molecule has 0 radical (unpaired) electrons. The molecular formula is C22H27FN2O4. The largest absolute Gasteiger partial charge is 0.494 e. The highest BCUT2D eigenvalue weighted by molar-refractivity contribution is 5.97. The monoisotopic (exact) mass is 402 g/mol. The van der Waals surface area contributed by atoms with E-state index in [-0.39, 0.29) is 18.4 Å². The molecule has 6 nitrogen and oxygen atoms in total. The van der Waals surface area contributed by atoms with Crippen LogP contribution in [0, 0.1) is 11.7 Å². The van der Waals surface area contributed by atoms with E-state index in [1.807, 2.05) is 20.8 Å². The van der Waals surface area contributed by atoms with Crippen LogP contribution in [0.4, 0.5) is 4.39 Å². The van der Waals surface area contributed by atoms with Crippen molar-refractivity contribution < 1.29 is 23.8 Å². The van der Waals surface area contributed by atoms with Gasteiger partial charge in [0.2, 0.25) is 5.91 Å². The average molecular weight is 402 g/mol. The topological polar surface area (TPSA) is 87.7 Å². The Morgan fingerprint density at radius 2 is 1.83 bits per heavy atom. The van der Waals surface area contributed by atoms with Gasteiger partial charge in [-0.25, -0.2) is 4.39 Å². The first-order valence-electron chi connectivity index (χ1n) is 9.56. The van der Waals surface area contributed by atoms with Crippen LogP contribution < -0.4 is 15.4 Å². The zero-order chi connectivity index (χ0) is 21.4. The summed E-state index contributed by atoms with van der Waals surface area (Å²) in [5, 5.41) is 15.5. The molecule has 156 valence electrons. The Morgan fingerprint density at radius 3 is 2.41 bits per heavy atom. The molecule has 0 aromatic heterocycles. The van der Waals surface area contributed by atoms with Crippen molar-refractivity contribution in [1.29, 1.82) is 0 Å². The first kappa shape index (κ1) is 22.4. The molecule has 0 saturated carbocycles. The second kappa shape index (κ2) is 10.6. The maximum atomic E-state index is 13.3. The summed E-state index contributed by atoms with van der Waals surface area (Å²) >= 11 is 0. The lowest BCUT2D eigenvalue weighted by Crippen LogP contribution is -2.50. The van der Waals surface area contributed by atoms with Crippen molar-refractivity contribution in [1.82, 2.24) is 10.6 Å². The van der Waals surface area contributed by atoms with Gasteiger partial charge in [0.05, 0.1) is 12.7 Å². The third-order valence-corrected chi connectivity index (χ3v) is 4.37. The normalized spacial score (nSPS) is 12.9. The summed E-state index contributed by atoms with van der Waals surface area (Å²) in [6.07, 6.45) is -1.05. The number of ether oxygens (including phenoxy) is 1. The van der Waals surface area contributed by atoms with Gasteiger partial charge in [-0.2, -0.15) is 0 Å². The molecule has 2 atom stereocenters. The van der Waals surface area contributed by atoms with E-state index in [0.29, 0.717) is 23.5 Å². The maximum absolute atomic E-state index is 13.3. The highest BCUT2D eigenvalue weighted by atomic mass is 19.1. The maximum Gasteiger partial charge on any atom is 0.251 e. The summed E-state index contributed by atoms with van der Waals surface area (Å²) in [7, 11) is 0. The van der Waals surface area contributed by atoms with Crippen molar-refractivity contribution in [2.75, 3.05) is 13.2 Å². The summed E-state index contributed by atoms with van der Waals surface area (Å²) in [6.45, 7) is 5.93. The van der Waals surface area contributed by atoms with Gasteiger partial charge < -0.3 is 20.5 Å². The van der Waals surface area contributed by atoms with Crippen LogP contribution in [0.2, 0.25) is 0 Å². The fourth-order valence-electron chi connectivity index (χ4n) is 2.77. The zero-order valence-corrected chi connectivity index (χ0v) is 16.8. The molecule has 0 bridgehead atoms. The van der Waals surface area contributed by atoms with Crippen molar-refractivity contribution in [2.24, 2.45) is 5.92 Å². The predicted octanol–water partition coefficient (Wildman–Crippen LogP) is 2.83. The Hall–Kier alpha value is -2.93. The molecule has 0 aliphatic rings. The Morgan fingerprint density at radius 1 is 1.14 bits per heavy atom. The Labute approximate surface area is 170 Å². The van der Waals surface area contributed by atoms with Crippen LogP contribution in [0.25, 0.3) is 0 Å². The molecule has 0 heterocycles. The average Bonchev–Trinajstić information content (AvgIpc) is 2.70. The van der Waals surface area contributed by atoms with Gasteiger partial charge in [0.15, 0.2) is 0 Å². The quantitative estimate of drug-likeness (QED) is 0.602. The molecule has 0 aliphatic carbocycles. The van der Waals surface area contributed by atoms with Crippen LogP contribution in [-0.2, 0) is 4.79 Å². The molecule has 0 saturated heterocycles. The van der Waals surface area contributed by atoms with E-state index >= 15 is 0 Å². The molecule has 2 aromatic carbocycles. The molecule has 2 amide bonds. The summed E-state index contributed by atoms with van der Waals surface area (Å²) in [5.41, 5.74) is 0.775. The van der Waals surface area contributed by atoms with Crippen LogP contribution in [0.1, 0.15) is 42.8 Å². The number of nitrogens with one attached hydrogen (secondary N) is 2. The summed E-state index contributed by atoms with van der Waals surface area (Å²) in [6, 6.07) is 11.4. The third-order valence-electron chi connectivity index (χ3n) is 4.37. The second-order valence-electron chi connectivity index (χ2n) is 6.97. The number of aliphatic hydroxyl groups is 1. The smallest absolute Gasteiger partial charge is 0.251 e. The van der Waals surface area contributed by atoms with Crippen LogP contribution in [0.15, 0.2) is 48.5 Å². The first-order valence-corrected chi connectivity index (χ1v) is 9.56. The number of benzene rings is 2. The van der Waals surface area contributed by atoms with Crippen LogP contribution in [0.5, 0.6) is 5.75 Å². The van der Waals surface area contributed by atoms with Crippen molar-refractivity contribution in [2.45, 2.75) is 32.9 Å². The van der Waals surface area contributed by atoms with Crippen molar-refractivity contribution in [3.05, 3.63) is 65.5 Å². The van der Waals surface area contributed by atoms with Gasteiger partial charge in [0.1, 0.15) is 17.6 Å². The van der Waals surface area contributed by atoms with Crippen molar-refractivity contribution >= 4 is 11.8 Å². The van der Waals surface area contributed by atoms with E-state index in [2.05, 4.69) is 10.6 Å². The van der Waals surface area contributed by atoms with E-state index < -0.39 is 23.9 Å². The molecular weight excluding hydrogens is 375 g/mol. The molecule has 0 aliphatic heterocycles. The lowest BCUT2D eigenvalue weighted by atomic mass is 10.0. The number of hydrogen-bond acceptors (Lipinski definition) is 4. The van der Waals surface area contributed by atoms with E-state index in [9.17, 15) is 19.1 Å². The standard InChI is InChI=1S/C22H27FN2O4/c1-4-29-18-10-8-15(9-11-18)21(27)25-20(14(2)3)22(28)24-13-19(26)16-6-5-7-17(23)12-16/h5-12,14,19-20,26H,4,13H2,1-3H3,(H,24,28)(H,25,27). The highest BCUT2D eigenvalue weighted by Crippen LogP contribution is 2.14. The molecule has 0 spiro atoms. The summed E-state index contributed by atoms with van der Waals surface area (Å²) in [4.78, 5) is 25.1. The van der Waals surface area contributed by atoms with E-state index in [4.69, 9.17) is 4.74 Å². The lowest BCUT2D eigenvalue weighted by molar-refractivity contribution is -0.124. The lowest BCUT2D eigenvalue weighted by Gasteiger charge is -2.23. The molecule has 2 rings (SSSR count). The van der Waals surface area contributed by atoms with Crippen molar-refractivity contribution in [3.8, 4) is 5.75 Å². The van der Waals surface area contributed by atoms with Gasteiger partial charge >= 0.3 is 0 Å². The molecule has 2 aromatic rings. The van der Waals surface area contributed by atoms with E-state index in [0.717, 1.165) is 0 Å². The number of carbonyl (C=O) groups excluding carboxylic acids is 2. The molecule has 7 heteroatoms. The van der Waals surface area contributed by atoms with Crippen LogP contribution >= 0.6 is 0 Å². The Kier molecular flexibility index (Phi) is 8.15. The van der Waals surface area contributed by atoms with Crippen LogP contribution in [0.3, 0.4) is 0 Å². The molecule has 3 N–H and O–H groups in total. The minimum absolute atomic E-state index is 0.0928. The van der Waals surface area contributed by atoms with E-state index in [1.165, 1.54) is 18.2 Å². The second-order valence-corrected chi connectivity index (χ2v) is 6.97. The zero-order valence-electron chi connectivity index (χ0n) is 16.8. The minimum Gasteiger partial charge on any atom is -0.494 e. The number of aliphatic hydroxyl groups excluding tert-OH is 1. The fraction of sp³-hybridized carbons (Fsp3) is 0.364. The molecule has 2 unspecified atom stereocenters. The number of amides is 2. The molecule has 0 fully saturated rings. The predicted molar refractivity (Wildman–Crippen MR) is 108 cm³/mol. The van der Waals surface area contributed by atoms with Gasteiger partial charge in [-0.05, 0) is 54.8 Å². The van der Waals surface area contributed by atoms with Gasteiger partial charge in [-0.3, -0.25) is 9.59 Å². The highest BCUT2D eigenvalue weighted by Gasteiger charge is 2.25. The fourth-order valence-corrected chi connectivity index (χ4v) is 2.77. The Bertz CT molecular complexity index is 824. The summed E-state index contributed by atoms with van der Waals surface area (Å²) < 4.78 is 18.6. The third kappa shape index (κ3) is 6.57. The number of carbonyl (C=O) groups is 2. The number of halogens is 1. The van der Waals surface area contributed by atoms with Gasteiger partial charge in [0, 0.05) is 12.1 Å². The van der Waals surface area contributed by atoms with Gasteiger partial charge in [0.25, 0.3) is 5.91 Å². The Balaban J connectivity index is 1.97. The number of rotatable bonds is 9. The first-order chi connectivity index (χ1) is 13.8. The van der Waals surface area contributed by atoms with Crippen LogP contribution in [-0.4, -0.2) is 36.1 Å². The van der Waals surface area contributed by atoms with Gasteiger partial charge in [-0.1, -0.05) is 26.0 Å². The molecule has 29 heavy (non-hydrogen) atoms. The van der Waals surface area contributed by atoms with Crippen molar-refractivity contribution in [3.63, 3.8) is 0 Å². The summed E-state index contributed by atoms with van der Waals surface area (Å²) in [5.74, 6) is -0.778. The SMILES string of the molecule is CCOc1ccc(C(=O)NC(C(=O)NCC(O)c2cccc(F)c2)C(C)C)cc1.